The number of carbonyl (C=O) groups excluding carboxylic acids is 2. The molecule has 0 atom stereocenters. The van der Waals surface area contributed by atoms with Crippen LogP contribution >= 0.6 is 23.2 Å². The van der Waals surface area contributed by atoms with E-state index in [4.69, 9.17) is 23.2 Å². The van der Waals surface area contributed by atoms with E-state index >= 15 is 0 Å². The molecule has 0 fully saturated rings. The molecule has 2 aromatic carbocycles. The molecule has 0 aliphatic heterocycles. The van der Waals surface area contributed by atoms with Gasteiger partial charge in [-0.15, -0.1) is 0 Å². The highest BCUT2D eigenvalue weighted by Gasteiger charge is 1.98. The number of carbonyl (C=O) groups is 2. The highest BCUT2D eigenvalue weighted by Crippen LogP contribution is 2.19. The lowest BCUT2D eigenvalue weighted by Crippen LogP contribution is -2.05. The molecule has 0 saturated carbocycles. The Kier molecular flexibility index (Phi) is 11.3. The minimum Gasteiger partial charge on any atom is -0.326 e. The summed E-state index contributed by atoms with van der Waals surface area (Å²) in [6.45, 7) is 6.91. The van der Waals surface area contributed by atoms with Crippen LogP contribution in [0.5, 0.6) is 0 Å². The Bertz CT molecular complexity index is 661. The number of nitrogens with one attached hydrogen (secondary N) is 2. The molecule has 24 heavy (non-hydrogen) atoms. The maximum Gasteiger partial charge on any atom is 0.221 e. The second-order valence-electron chi connectivity index (χ2n) is 4.35. The standard InChI is InChI=1S/2C8H8ClNO.C2H6/c1-6(11)10-8-4-2-3-7(9)5-8;1-6(11)10-8-5-3-2-4-7(8)9;1-2/h2*2-5H,1H3,(H,10,11);1-2H3. The first-order chi connectivity index (χ1) is 11.4. The molecule has 2 N–H and O–H groups in total. The fourth-order valence-electron chi connectivity index (χ4n) is 1.52. The van der Waals surface area contributed by atoms with Crippen LogP contribution in [0.3, 0.4) is 0 Å². The molecule has 0 heterocycles. The van der Waals surface area contributed by atoms with Gasteiger partial charge in [-0.1, -0.05) is 55.2 Å². The normalized spacial score (nSPS) is 8.75. The van der Waals surface area contributed by atoms with Gasteiger partial charge in [0.15, 0.2) is 0 Å². The van der Waals surface area contributed by atoms with Crippen molar-refractivity contribution in [3.05, 3.63) is 58.6 Å². The lowest BCUT2D eigenvalue weighted by atomic mass is 10.3. The van der Waals surface area contributed by atoms with Crippen molar-refractivity contribution >= 4 is 46.4 Å². The van der Waals surface area contributed by atoms with Gasteiger partial charge in [-0.05, 0) is 30.3 Å². The van der Waals surface area contributed by atoms with Gasteiger partial charge in [0.2, 0.25) is 11.8 Å². The molecule has 0 saturated heterocycles. The van der Waals surface area contributed by atoms with Gasteiger partial charge in [0, 0.05) is 24.6 Å². The fraction of sp³-hybridized carbons (Fsp3) is 0.222. The third-order valence-electron chi connectivity index (χ3n) is 2.33. The maximum absolute atomic E-state index is 10.6. The summed E-state index contributed by atoms with van der Waals surface area (Å²) in [6.07, 6.45) is 0. The zero-order valence-electron chi connectivity index (χ0n) is 14.2. The van der Waals surface area contributed by atoms with Crippen molar-refractivity contribution in [3.63, 3.8) is 0 Å². The first kappa shape index (κ1) is 22.0. The minimum atomic E-state index is -0.113. The third-order valence-corrected chi connectivity index (χ3v) is 2.89. The number of rotatable bonds is 2. The number of hydrogen-bond acceptors (Lipinski definition) is 2. The Hall–Kier alpha value is -2.04. The van der Waals surface area contributed by atoms with Gasteiger partial charge in [0.25, 0.3) is 0 Å². The molecule has 0 radical (unpaired) electrons. The molecule has 2 aromatic rings. The van der Waals surface area contributed by atoms with Crippen molar-refractivity contribution in [2.75, 3.05) is 10.6 Å². The van der Waals surface area contributed by atoms with E-state index in [2.05, 4.69) is 10.6 Å². The second kappa shape index (κ2) is 12.4. The second-order valence-corrected chi connectivity index (χ2v) is 5.20. The van der Waals surface area contributed by atoms with Gasteiger partial charge < -0.3 is 10.6 Å². The summed E-state index contributed by atoms with van der Waals surface area (Å²) < 4.78 is 0. The number of amides is 2. The van der Waals surface area contributed by atoms with Gasteiger partial charge in [-0.25, -0.2) is 0 Å². The molecule has 4 nitrogen and oxygen atoms in total. The van der Waals surface area contributed by atoms with Gasteiger partial charge >= 0.3 is 0 Å². The van der Waals surface area contributed by atoms with Crippen LogP contribution in [0, 0.1) is 0 Å². The molecule has 0 spiro atoms. The highest BCUT2D eigenvalue weighted by atomic mass is 35.5. The van der Waals surface area contributed by atoms with Gasteiger partial charge in [0.1, 0.15) is 0 Å². The molecule has 0 unspecified atom stereocenters. The van der Waals surface area contributed by atoms with E-state index in [1.54, 1.807) is 36.4 Å². The number of para-hydroxylation sites is 1. The topological polar surface area (TPSA) is 58.2 Å². The largest absolute Gasteiger partial charge is 0.326 e. The van der Waals surface area contributed by atoms with E-state index in [0.717, 1.165) is 5.69 Å². The molecule has 6 heteroatoms. The SMILES string of the molecule is CC.CC(=O)Nc1cccc(Cl)c1.CC(=O)Nc1ccccc1Cl. The first-order valence-electron chi connectivity index (χ1n) is 7.43. The Balaban J connectivity index is 0.000000400. The Morgan fingerprint density at radius 3 is 1.92 bits per heavy atom. The average molecular weight is 369 g/mol. The lowest BCUT2D eigenvalue weighted by Gasteiger charge is -2.02. The molecule has 0 bridgehead atoms. The number of benzene rings is 2. The van der Waals surface area contributed by atoms with Crippen LogP contribution in [0.25, 0.3) is 0 Å². The van der Waals surface area contributed by atoms with Crippen molar-refractivity contribution < 1.29 is 9.59 Å². The molecule has 0 aliphatic rings. The quantitative estimate of drug-likeness (QED) is 0.722. The molecule has 0 aliphatic carbocycles. The van der Waals surface area contributed by atoms with Crippen LogP contribution in [0.4, 0.5) is 11.4 Å². The van der Waals surface area contributed by atoms with Gasteiger partial charge in [0.05, 0.1) is 10.7 Å². The van der Waals surface area contributed by atoms with Crippen LogP contribution in [0.2, 0.25) is 10.0 Å². The first-order valence-corrected chi connectivity index (χ1v) is 8.19. The van der Waals surface area contributed by atoms with E-state index in [1.165, 1.54) is 13.8 Å². The van der Waals surface area contributed by atoms with Crippen molar-refractivity contribution in [1.82, 2.24) is 0 Å². The summed E-state index contributed by atoms with van der Waals surface area (Å²) in [5.41, 5.74) is 1.38. The summed E-state index contributed by atoms with van der Waals surface area (Å²) in [6, 6.07) is 14.1. The smallest absolute Gasteiger partial charge is 0.221 e. The zero-order chi connectivity index (χ0) is 18.5. The van der Waals surface area contributed by atoms with Crippen LogP contribution in [-0.2, 0) is 9.59 Å². The average Bonchev–Trinajstić information content (AvgIpc) is 2.51. The Labute approximate surface area is 153 Å². The van der Waals surface area contributed by atoms with Crippen LogP contribution < -0.4 is 10.6 Å². The van der Waals surface area contributed by atoms with E-state index in [9.17, 15) is 9.59 Å². The lowest BCUT2D eigenvalue weighted by molar-refractivity contribution is -0.115. The van der Waals surface area contributed by atoms with Crippen molar-refractivity contribution in [1.29, 1.82) is 0 Å². The maximum atomic E-state index is 10.6. The summed E-state index contributed by atoms with van der Waals surface area (Å²) >= 11 is 11.4. The predicted molar refractivity (Wildman–Crippen MR) is 103 cm³/mol. The molecular weight excluding hydrogens is 347 g/mol. The molecular formula is C18H22Cl2N2O2. The fourth-order valence-corrected chi connectivity index (χ4v) is 1.89. The van der Waals surface area contributed by atoms with Crippen LogP contribution in [-0.4, -0.2) is 11.8 Å². The monoisotopic (exact) mass is 368 g/mol. The predicted octanol–water partition coefficient (Wildman–Crippen LogP) is 5.62. The van der Waals surface area contributed by atoms with Gasteiger partial charge in [-0.3, -0.25) is 9.59 Å². The molecule has 130 valence electrons. The van der Waals surface area contributed by atoms with E-state index in [1.807, 2.05) is 26.0 Å². The number of hydrogen-bond donors (Lipinski definition) is 2. The summed E-state index contributed by atoms with van der Waals surface area (Å²) in [5.74, 6) is -0.203. The molecule has 0 aromatic heterocycles. The number of anilines is 2. The zero-order valence-corrected chi connectivity index (χ0v) is 15.7. The minimum absolute atomic E-state index is 0.0905. The number of halogens is 2. The highest BCUT2D eigenvalue weighted by molar-refractivity contribution is 6.33. The van der Waals surface area contributed by atoms with E-state index in [-0.39, 0.29) is 11.8 Å². The summed E-state index contributed by atoms with van der Waals surface area (Å²) in [4.78, 5) is 21.2. The van der Waals surface area contributed by atoms with Crippen molar-refractivity contribution in [3.8, 4) is 0 Å². The molecule has 2 amide bonds. The third kappa shape index (κ3) is 9.87. The van der Waals surface area contributed by atoms with Gasteiger partial charge in [-0.2, -0.15) is 0 Å². The van der Waals surface area contributed by atoms with Crippen molar-refractivity contribution in [2.24, 2.45) is 0 Å². The van der Waals surface area contributed by atoms with Crippen LogP contribution in [0.15, 0.2) is 48.5 Å². The van der Waals surface area contributed by atoms with Crippen molar-refractivity contribution in [2.45, 2.75) is 27.7 Å². The summed E-state index contributed by atoms with van der Waals surface area (Å²) in [5, 5.41) is 6.40. The van der Waals surface area contributed by atoms with Crippen LogP contribution in [0.1, 0.15) is 27.7 Å². The summed E-state index contributed by atoms with van der Waals surface area (Å²) in [7, 11) is 0. The van der Waals surface area contributed by atoms with E-state index < -0.39 is 0 Å². The molecule has 2 rings (SSSR count). The Morgan fingerprint density at radius 2 is 1.42 bits per heavy atom. The van der Waals surface area contributed by atoms with E-state index in [0.29, 0.717) is 15.7 Å². The Morgan fingerprint density at radius 1 is 0.833 bits per heavy atom.